The van der Waals surface area contributed by atoms with Gasteiger partial charge in [0.1, 0.15) is 0 Å². The zero-order valence-electron chi connectivity index (χ0n) is 21.8. The Morgan fingerprint density at radius 2 is 1.44 bits per heavy atom. The van der Waals surface area contributed by atoms with Crippen LogP contribution in [-0.2, 0) is 11.3 Å². The number of aliphatic carboxylic acids is 1. The third-order valence-corrected chi connectivity index (χ3v) is 7.97. The standard InChI is InChI=1S/C27H33N3O2.C2HF3O2/c1-18-2-4-19(5-3-18)16-28-26(30-24-8-6-23(7-9-24)25(31)32)29-17-27-13-20-10-21(14-27)12-22(11-20)15-27;3-2(4,5)1(6)7/h2-9,20-22H,10-17H2,1H3,(H,31,32)(H2,28,29,30);(H,6,7). The molecule has 0 heterocycles. The maximum Gasteiger partial charge on any atom is 0.490 e. The number of anilines is 1. The fourth-order valence-corrected chi connectivity index (χ4v) is 6.61. The van der Waals surface area contributed by atoms with Gasteiger partial charge in [0.25, 0.3) is 0 Å². The summed E-state index contributed by atoms with van der Waals surface area (Å²) in [7, 11) is 0. The molecule has 4 aliphatic carbocycles. The minimum atomic E-state index is -5.08. The van der Waals surface area contributed by atoms with E-state index in [4.69, 9.17) is 20.0 Å². The topological polar surface area (TPSA) is 111 Å². The van der Waals surface area contributed by atoms with Gasteiger partial charge in [-0.15, -0.1) is 0 Å². The van der Waals surface area contributed by atoms with E-state index in [9.17, 15) is 18.0 Å². The van der Waals surface area contributed by atoms with Crippen molar-refractivity contribution in [1.29, 1.82) is 0 Å². The van der Waals surface area contributed by atoms with Crippen molar-refractivity contribution in [3.63, 3.8) is 0 Å². The highest BCUT2D eigenvalue weighted by Gasteiger charge is 2.50. The molecule has 39 heavy (non-hydrogen) atoms. The molecule has 4 bridgehead atoms. The number of alkyl halides is 3. The lowest BCUT2D eigenvalue weighted by atomic mass is 9.49. The van der Waals surface area contributed by atoms with Gasteiger partial charge in [-0.25, -0.2) is 14.6 Å². The Morgan fingerprint density at radius 3 is 1.90 bits per heavy atom. The Kier molecular flexibility index (Phi) is 8.51. The second-order valence-corrected chi connectivity index (χ2v) is 11.2. The molecule has 0 aliphatic heterocycles. The number of guanidine groups is 1. The molecule has 4 saturated carbocycles. The zero-order valence-corrected chi connectivity index (χ0v) is 21.8. The molecule has 2 aromatic carbocycles. The molecule has 210 valence electrons. The van der Waals surface area contributed by atoms with Crippen molar-refractivity contribution < 1.29 is 33.0 Å². The Balaban J connectivity index is 0.000000448. The molecule has 4 N–H and O–H groups in total. The van der Waals surface area contributed by atoms with Crippen LogP contribution in [0.5, 0.6) is 0 Å². The largest absolute Gasteiger partial charge is 0.490 e. The number of carbonyl (C=O) groups is 2. The van der Waals surface area contributed by atoms with Crippen molar-refractivity contribution >= 4 is 23.6 Å². The second-order valence-electron chi connectivity index (χ2n) is 11.2. The molecule has 0 radical (unpaired) electrons. The molecular formula is C29H34F3N3O4. The molecule has 4 aliphatic rings. The van der Waals surface area contributed by atoms with Gasteiger partial charge in [-0.05, 0) is 98.4 Å². The number of hydrogen-bond donors (Lipinski definition) is 4. The van der Waals surface area contributed by atoms with E-state index in [1.165, 1.54) is 49.7 Å². The van der Waals surface area contributed by atoms with Crippen LogP contribution in [0.15, 0.2) is 53.5 Å². The van der Waals surface area contributed by atoms with Gasteiger partial charge >= 0.3 is 18.1 Å². The number of aryl methyl sites for hydroxylation is 1. The van der Waals surface area contributed by atoms with Gasteiger partial charge in [-0.1, -0.05) is 29.8 Å². The molecule has 2 aromatic rings. The Hall–Kier alpha value is -3.56. The molecular weight excluding hydrogens is 511 g/mol. The molecule has 0 atom stereocenters. The predicted octanol–water partition coefficient (Wildman–Crippen LogP) is 6.10. The lowest BCUT2D eigenvalue weighted by Gasteiger charge is -2.57. The van der Waals surface area contributed by atoms with E-state index in [1.54, 1.807) is 24.3 Å². The first-order valence-electron chi connectivity index (χ1n) is 13.2. The first-order valence-corrected chi connectivity index (χ1v) is 13.2. The molecule has 0 spiro atoms. The van der Waals surface area contributed by atoms with Crippen LogP contribution in [0.4, 0.5) is 18.9 Å². The highest BCUT2D eigenvalue weighted by Crippen LogP contribution is 2.59. The number of benzene rings is 2. The third-order valence-electron chi connectivity index (χ3n) is 7.97. The first-order chi connectivity index (χ1) is 18.4. The normalized spacial score (nSPS) is 25.4. The van der Waals surface area contributed by atoms with Crippen LogP contribution in [0.25, 0.3) is 0 Å². The van der Waals surface area contributed by atoms with Crippen LogP contribution in [0.3, 0.4) is 0 Å². The average molecular weight is 546 g/mol. The van der Waals surface area contributed by atoms with E-state index in [1.807, 2.05) is 0 Å². The van der Waals surface area contributed by atoms with Crippen molar-refractivity contribution in [3.05, 3.63) is 65.2 Å². The number of rotatable bonds is 6. The average Bonchev–Trinajstić information content (AvgIpc) is 2.86. The number of hydrogen-bond acceptors (Lipinski definition) is 3. The number of aromatic carboxylic acids is 1. The number of carboxylic acid groups (broad SMARTS) is 2. The van der Waals surface area contributed by atoms with Gasteiger partial charge < -0.3 is 20.8 Å². The van der Waals surface area contributed by atoms with Crippen LogP contribution in [0.1, 0.15) is 60.0 Å². The Bertz CT molecular complexity index is 1160. The number of nitrogens with zero attached hydrogens (tertiary/aromatic N) is 1. The number of nitrogens with one attached hydrogen (secondary N) is 2. The molecule has 6 rings (SSSR count). The Labute approximate surface area is 225 Å². The van der Waals surface area contributed by atoms with Crippen molar-refractivity contribution in [2.45, 2.75) is 58.2 Å². The van der Waals surface area contributed by atoms with Gasteiger partial charge in [0.15, 0.2) is 5.96 Å². The summed E-state index contributed by atoms with van der Waals surface area (Å²) in [5, 5.41) is 23.4. The molecule has 4 fully saturated rings. The summed E-state index contributed by atoms with van der Waals surface area (Å²) in [6, 6.07) is 15.3. The van der Waals surface area contributed by atoms with E-state index < -0.39 is 18.1 Å². The Morgan fingerprint density at radius 1 is 0.923 bits per heavy atom. The molecule has 0 aromatic heterocycles. The maximum absolute atomic E-state index is 11.2. The fraction of sp³-hybridized carbons (Fsp3) is 0.483. The zero-order chi connectivity index (χ0) is 28.2. The smallest absolute Gasteiger partial charge is 0.478 e. The molecule has 0 unspecified atom stereocenters. The third kappa shape index (κ3) is 7.74. The number of aliphatic imine (C=N–C) groups is 1. The maximum atomic E-state index is 11.2. The van der Waals surface area contributed by atoms with Crippen LogP contribution in [0.2, 0.25) is 0 Å². The predicted molar refractivity (Wildman–Crippen MR) is 142 cm³/mol. The summed E-state index contributed by atoms with van der Waals surface area (Å²) in [5.74, 6) is -0.130. The summed E-state index contributed by atoms with van der Waals surface area (Å²) < 4.78 is 31.7. The first kappa shape index (κ1) is 28.4. The minimum Gasteiger partial charge on any atom is -0.478 e. The van der Waals surface area contributed by atoms with Crippen molar-refractivity contribution in [3.8, 4) is 0 Å². The van der Waals surface area contributed by atoms with Crippen LogP contribution in [0, 0.1) is 30.1 Å². The van der Waals surface area contributed by atoms with Crippen molar-refractivity contribution in [1.82, 2.24) is 5.32 Å². The quantitative estimate of drug-likeness (QED) is 0.258. The van der Waals surface area contributed by atoms with Crippen LogP contribution < -0.4 is 10.6 Å². The lowest BCUT2D eigenvalue weighted by molar-refractivity contribution is -0.192. The fourth-order valence-electron chi connectivity index (χ4n) is 6.61. The summed E-state index contributed by atoms with van der Waals surface area (Å²) >= 11 is 0. The van der Waals surface area contributed by atoms with Gasteiger partial charge in [-0.2, -0.15) is 13.2 Å². The number of halogens is 3. The van der Waals surface area contributed by atoms with Crippen molar-refractivity contribution in [2.24, 2.45) is 28.2 Å². The SMILES string of the molecule is Cc1ccc(CN=C(NCC23CC4CC(CC(C4)C2)C3)Nc2ccc(C(=O)O)cc2)cc1.O=C(O)C(F)(F)F. The lowest BCUT2D eigenvalue weighted by Crippen LogP contribution is -2.51. The van der Waals surface area contributed by atoms with E-state index in [-0.39, 0.29) is 5.56 Å². The monoisotopic (exact) mass is 545 g/mol. The van der Waals surface area contributed by atoms with E-state index in [0.29, 0.717) is 12.0 Å². The summed E-state index contributed by atoms with van der Waals surface area (Å²) in [4.78, 5) is 24.9. The molecule has 10 heteroatoms. The van der Waals surface area contributed by atoms with Gasteiger partial charge in [0, 0.05) is 12.2 Å². The van der Waals surface area contributed by atoms with Gasteiger partial charge in [0.05, 0.1) is 12.1 Å². The number of carboxylic acids is 2. The van der Waals surface area contributed by atoms with E-state index in [2.05, 4.69) is 41.8 Å². The van der Waals surface area contributed by atoms with Crippen LogP contribution in [-0.4, -0.2) is 40.8 Å². The highest BCUT2D eigenvalue weighted by molar-refractivity contribution is 5.94. The molecule has 0 saturated heterocycles. The van der Waals surface area contributed by atoms with E-state index >= 15 is 0 Å². The second kappa shape index (κ2) is 11.7. The molecule has 7 nitrogen and oxygen atoms in total. The minimum absolute atomic E-state index is 0.287. The summed E-state index contributed by atoms with van der Waals surface area (Å²) in [6.45, 7) is 3.65. The summed E-state index contributed by atoms with van der Waals surface area (Å²) in [5.41, 5.74) is 3.96. The summed E-state index contributed by atoms with van der Waals surface area (Å²) in [6.07, 6.45) is 3.31. The molecule has 0 amide bonds. The van der Waals surface area contributed by atoms with Gasteiger partial charge in [-0.3, -0.25) is 0 Å². The van der Waals surface area contributed by atoms with E-state index in [0.717, 1.165) is 35.9 Å². The van der Waals surface area contributed by atoms with Gasteiger partial charge in [0.2, 0.25) is 0 Å². The van der Waals surface area contributed by atoms with Crippen LogP contribution >= 0.6 is 0 Å². The van der Waals surface area contributed by atoms with Crippen molar-refractivity contribution in [2.75, 3.05) is 11.9 Å². The highest BCUT2D eigenvalue weighted by atomic mass is 19.4.